The van der Waals surface area contributed by atoms with Crippen LogP contribution >= 0.6 is 11.6 Å². The molecule has 1 unspecified atom stereocenters. The molecule has 2 heterocycles. The monoisotopic (exact) mass is 295 g/mol. The van der Waals surface area contributed by atoms with Crippen LogP contribution in [0.25, 0.3) is 11.3 Å². The Morgan fingerprint density at radius 2 is 2.00 bits per heavy atom. The molecular weight excluding hydrogens is 285 g/mol. The summed E-state index contributed by atoms with van der Waals surface area (Å²) in [4.78, 5) is 5.10. The fourth-order valence-corrected chi connectivity index (χ4v) is 2.30. The van der Waals surface area contributed by atoms with E-state index in [1.807, 2.05) is 0 Å². The van der Waals surface area contributed by atoms with Crippen LogP contribution in [0.15, 0.2) is 40.8 Å². The fraction of sp³-hybridized carbons (Fsp3) is 0.143. The highest BCUT2D eigenvalue weighted by atomic mass is 35.5. The molecule has 2 N–H and O–H groups in total. The molecule has 0 amide bonds. The minimum atomic E-state index is -1.68. The molecule has 1 atom stereocenters. The lowest BCUT2D eigenvalue weighted by molar-refractivity contribution is -0.160. The highest BCUT2D eigenvalue weighted by Gasteiger charge is 2.40. The van der Waals surface area contributed by atoms with Crippen LogP contribution in [0.3, 0.4) is 0 Å². The van der Waals surface area contributed by atoms with Crippen molar-refractivity contribution in [2.24, 2.45) is 0 Å². The van der Waals surface area contributed by atoms with Crippen molar-refractivity contribution < 1.29 is 18.8 Å². The van der Waals surface area contributed by atoms with Crippen LogP contribution < -0.4 is 5.48 Å². The van der Waals surface area contributed by atoms with Crippen molar-refractivity contribution >= 4 is 22.9 Å². The summed E-state index contributed by atoms with van der Waals surface area (Å²) in [5, 5.41) is 10.5. The van der Waals surface area contributed by atoms with E-state index in [2.05, 4.69) is 5.48 Å². The van der Waals surface area contributed by atoms with E-state index >= 15 is 0 Å². The predicted octanol–water partition coefficient (Wildman–Crippen LogP) is 3.18. The zero-order valence-corrected chi connectivity index (χ0v) is 11.2. The van der Waals surface area contributed by atoms with E-state index in [1.165, 1.54) is 13.0 Å². The van der Waals surface area contributed by atoms with Gasteiger partial charge in [0.2, 0.25) is 5.79 Å². The molecule has 3 rings (SSSR count). The van der Waals surface area contributed by atoms with Gasteiger partial charge in [0, 0.05) is 5.56 Å². The number of halogens is 2. The lowest BCUT2D eigenvalue weighted by Gasteiger charge is -2.18. The van der Waals surface area contributed by atoms with Crippen LogP contribution in [-0.2, 0) is 4.84 Å². The Morgan fingerprint density at radius 3 is 2.65 bits per heavy atom. The van der Waals surface area contributed by atoms with E-state index in [9.17, 15) is 9.50 Å². The van der Waals surface area contributed by atoms with E-state index in [1.54, 1.807) is 30.3 Å². The van der Waals surface area contributed by atoms with Gasteiger partial charge < -0.3 is 9.52 Å². The molecule has 2 aromatic rings. The highest BCUT2D eigenvalue weighted by Crippen LogP contribution is 2.40. The van der Waals surface area contributed by atoms with Crippen molar-refractivity contribution in [2.45, 2.75) is 12.7 Å². The molecule has 0 saturated carbocycles. The van der Waals surface area contributed by atoms with Crippen LogP contribution in [0, 0.1) is 5.82 Å². The number of hydrogen-bond donors (Lipinski definition) is 2. The topological polar surface area (TPSA) is 54.6 Å². The van der Waals surface area contributed by atoms with Gasteiger partial charge in [0.15, 0.2) is 11.0 Å². The van der Waals surface area contributed by atoms with Crippen molar-refractivity contribution in [3.05, 3.63) is 58.8 Å². The summed E-state index contributed by atoms with van der Waals surface area (Å²) in [6.45, 7) is 1.42. The van der Waals surface area contributed by atoms with Gasteiger partial charge in [-0.3, -0.25) is 5.48 Å². The van der Waals surface area contributed by atoms with Gasteiger partial charge in [-0.2, -0.15) is 0 Å². The Kier molecular flexibility index (Phi) is 3.05. The second-order valence-corrected chi connectivity index (χ2v) is 4.89. The van der Waals surface area contributed by atoms with Crippen LogP contribution in [-0.4, -0.2) is 10.9 Å². The summed E-state index contributed by atoms with van der Waals surface area (Å²) in [5.74, 6) is -1.80. The van der Waals surface area contributed by atoms with Crippen molar-refractivity contribution in [2.75, 3.05) is 0 Å². The third-order valence-corrected chi connectivity index (χ3v) is 3.23. The summed E-state index contributed by atoms with van der Waals surface area (Å²) >= 11 is 5.74. The fourth-order valence-electron chi connectivity index (χ4n) is 2.16. The first-order valence-corrected chi connectivity index (χ1v) is 6.28. The van der Waals surface area contributed by atoms with Crippen LogP contribution in [0.5, 0.6) is 0 Å². The number of rotatable bonds is 2. The maximum absolute atomic E-state index is 14.0. The van der Waals surface area contributed by atoms with Crippen molar-refractivity contribution in [3.8, 4) is 0 Å². The van der Waals surface area contributed by atoms with E-state index < -0.39 is 11.6 Å². The smallest absolute Gasteiger partial charge is 0.217 e. The molecule has 0 radical (unpaired) electrons. The lowest BCUT2D eigenvalue weighted by Crippen LogP contribution is -2.28. The molecule has 1 aromatic heterocycles. The molecule has 1 aromatic carbocycles. The molecule has 1 aliphatic rings. The SMILES string of the molecule is CC1(O)ONC(c2ccc(Cl)o2)=C1c1ccccc1F. The quantitative estimate of drug-likeness (QED) is 0.893. The molecule has 104 valence electrons. The highest BCUT2D eigenvalue weighted by molar-refractivity contribution is 6.28. The maximum atomic E-state index is 14.0. The van der Waals surface area contributed by atoms with Gasteiger partial charge in [-0.1, -0.05) is 18.2 Å². The van der Waals surface area contributed by atoms with Crippen LogP contribution in [0.1, 0.15) is 18.2 Å². The molecule has 4 nitrogen and oxygen atoms in total. The van der Waals surface area contributed by atoms with Crippen LogP contribution in [0.4, 0.5) is 4.39 Å². The summed E-state index contributed by atoms with van der Waals surface area (Å²) in [7, 11) is 0. The number of benzene rings is 1. The normalized spacial score (nSPS) is 22.2. The molecular formula is C14H11ClFNO3. The third-order valence-electron chi connectivity index (χ3n) is 3.03. The number of furan rings is 1. The Labute approximate surface area is 119 Å². The Balaban J connectivity index is 2.22. The summed E-state index contributed by atoms with van der Waals surface area (Å²) < 4.78 is 19.3. The summed E-state index contributed by atoms with van der Waals surface area (Å²) in [5.41, 5.74) is 3.38. The first kappa shape index (κ1) is 13.2. The number of hydrogen-bond acceptors (Lipinski definition) is 4. The molecule has 0 bridgehead atoms. The van der Waals surface area contributed by atoms with Crippen LogP contribution in [0.2, 0.25) is 5.22 Å². The third kappa shape index (κ3) is 2.10. The van der Waals surface area contributed by atoms with Gasteiger partial charge in [-0.05, 0) is 36.7 Å². The first-order chi connectivity index (χ1) is 9.49. The Bertz CT molecular complexity index is 693. The minimum Gasteiger partial charge on any atom is -0.443 e. The molecule has 0 aliphatic carbocycles. The molecule has 0 fully saturated rings. The zero-order chi connectivity index (χ0) is 14.3. The van der Waals surface area contributed by atoms with Crippen molar-refractivity contribution in [1.82, 2.24) is 5.48 Å². The number of aliphatic hydroxyl groups is 1. The lowest BCUT2D eigenvalue weighted by atomic mass is 9.96. The summed E-state index contributed by atoms with van der Waals surface area (Å²) in [6.07, 6.45) is 0. The minimum absolute atomic E-state index is 0.189. The first-order valence-electron chi connectivity index (χ1n) is 5.91. The van der Waals surface area contributed by atoms with Gasteiger partial charge in [-0.15, -0.1) is 0 Å². The summed E-state index contributed by atoms with van der Waals surface area (Å²) in [6, 6.07) is 9.27. The predicted molar refractivity (Wildman–Crippen MR) is 71.8 cm³/mol. The number of nitrogens with one attached hydrogen (secondary N) is 1. The van der Waals surface area contributed by atoms with Gasteiger partial charge in [-0.25, -0.2) is 9.23 Å². The van der Waals surface area contributed by atoms with Crippen molar-refractivity contribution in [1.29, 1.82) is 0 Å². The van der Waals surface area contributed by atoms with Crippen molar-refractivity contribution in [3.63, 3.8) is 0 Å². The van der Waals surface area contributed by atoms with Gasteiger partial charge in [0.05, 0.1) is 5.57 Å². The Hall–Kier alpha value is -1.82. The van der Waals surface area contributed by atoms with Gasteiger partial charge in [0.1, 0.15) is 11.5 Å². The Morgan fingerprint density at radius 1 is 1.25 bits per heavy atom. The van der Waals surface area contributed by atoms with Gasteiger partial charge in [0.25, 0.3) is 0 Å². The van der Waals surface area contributed by atoms with E-state index in [0.29, 0.717) is 11.5 Å². The molecule has 6 heteroatoms. The van der Waals surface area contributed by atoms with E-state index in [-0.39, 0.29) is 16.4 Å². The number of hydroxylamine groups is 1. The molecule has 1 aliphatic heterocycles. The molecule has 0 saturated heterocycles. The average molecular weight is 296 g/mol. The van der Waals surface area contributed by atoms with E-state index in [0.717, 1.165) is 0 Å². The second-order valence-electron chi connectivity index (χ2n) is 4.52. The van der Waals surface area contributed by atoms with E-state index in [4.69, 9.17) is 20.9 Å². The zero-order valence-electron chi connectivity index (χ0n) is 10.5. The second kappa shape index (κ2) is 4.63. The largest absolute Gasteiger partial charge is 0.443 e. The standard InChI is InChI=1S/C14H11ClFNO3/c1-14(18)12(8-4-2-3-5-9(8)16)13(17-20-14)10-6-7-11(15)19-10/h2-7,17-18H,1H3. The average Bonchev–Trinajstić information content (AvgIpc) is 2.94. The molecule has 0 spiro atoms. The molecule has 20 heavy (non-hydrogen) atoms. The maximum Gasteiger partial charge on any atom is 0.217 e. The van der Waals surface area contributed by atoms with Gasteiger partial charge >= 0.3 is 0 Å².